The molecule has 5 aliphatic carbocycles. The smallest absolute Gasteiger partial charge is 0.334 e. The summed E-state index contributed by atoms with van der Waals surface area (Å²) in [5.41, 5.74) is 0.910. The fourth-order valence-electron chi connectivity index (χ4n) is 7.59. The monoisotopic (exact) mass is 316 g/mol. The van der Waals surface area contributed by atoms with Crippen molar-refractivity contribution in [3.05, 3.63) is 11.1 Å². The number of hydrogen-bond donors (Lipinski definition) is 0. The second-order valence-corrected chi connectivity index (χ2v) is 8.30. The van der Waals surface area contributed by atoms with E-state index in [1.54, 1.807) is 0 Å². The van der Waals surface area contributed by atoms with E-state index >= 15 is 0 Å². The molecule has 1 aliphatic heterocycles. The Kier molecular flexibility index (Phi) is 1.90. The summed E-state index contributed by atoms with van der Waals surface area (Å²) in [6, 6.07) is 0. The van der Waals surface area contributed by atoms with Gasteiger partial charge in [0.25, 0.3) is 0 Å². The highest BCUT2D eigenvalue weighted by Crippen LogP contribution is 2.93. The Morgan fingerprint density at radius 1 is 0.957 bits per heavy atom. The molecule has 0 aromatic rings. The van der Waals surface area contributed by atoms with Crippen LogP contribution in [0.1, 0.15) is 32.1 Å². The minimum Gasteiger partial charge on any atom is -0.466 e. The molecule has 6 atom stereocenters. The highest BCUT2D eigenvalue weighted by atomic mass is 16.6. The molecule has 5 fully saturated rings. The van der Waals surface area contributed by atoms with Crippen molar-refractivity contribution in [3.63, 3.8) is 0 Å². The van der Waals surface area contributed by atoms with Gasteiger partial charge < -0.3 is 14.2 Å². The van der Waals surface area contributed by atoms with E-state index < -0.39 is 0 Å². The van der Waals surface area contributed by atoms with E-state index in [-0.39, 0.29) is 40.4 Å². The predicted molar refractivity (Wildman–Crippen MR) is 77.1 cm³/mol. The van der Waals surface area contributed by atoms with Gasteiger partial charge in [0.05, 0.1) is 25.4 Å². The van der Waals surface area contributed by atoms with Crippen LogP contribution in [0.15, 0.2) is 11.1 Å². The lowest BCUT2D eigenvalue weighted by Gasteiger charge is -2.29. The topological polar surface area (TPSA) is 65.1 Å². The van der Waals surface area contributed by atoms with Gasteiger partial charge in [0.15, 0.2) is 0 Å². The van der Waals surface area contributed by atoms with E-state index in [0.29, 0.717) is 23.0 Å². The normalized spacial score (nSPS) is 51.7. The van der Waals surface area contributed by atoms with Gasteiger partial charge in [-0.1, -0.05) is 0 Å². The first kappa shape index (κ1) is 13.0. The van der Waals surface area contributed by atoms with Crippen LogP contribution in [0.25, 0.3) is 0 Å². The third-order valence-electron chi connectivity index (χ3n) is 8.07. The standard InChI is InChI=1S/C18H20O5/c1-21-14(19)10-11(15(20)22-2)13-16(5-6-16)12(10)17-8-3-4-9(7-8)18(13,17)23-17/h8-9,12-13H,3-7H2,1-2H3/t8-,9-,12-,13-,17-,18+/m1/s1. The molecule has 0 aromatic carbocycles. The molecule has 6 aliphatic rings. The lowest BCUT2D eigenvalue weighted by atomic mass is 9.69. The van der Waals surface area contributed by atoms with E-state index in [1.165, 1.54) is 33.5 Å². The van der Waals surface area contributed by atoms with Crippen LogP contribution in [0, 0.1) is 29.1 Å². The van der Waals surface area contributed by atoms with E-state index in [9.17, 15) is 9.59 Å². The largest absolute Gasteiger partial charge is 0.466 e. The number of carbonyl (C=O) groups is 2. The Balaban J connectivity index is 1.61. The SMILES string of the molecule is COC(=O)C1=C(C(=O)OC)[C@@H]2C3(CC3)[C@@H]1[C@@]13O[C@@]21[C@@H]1CC[C@@H]3C1. The van der Waals surface area contributed by atoms with Crippen LogP contribution in [-0.4, -0.2) is 37.4 Å². The zero-order valence-electron chi connectivity index (χ0n) is 13.4. The molecule has 0 aromatic heterocycles. The van der Waals surface area contributed by atoms with Crippen molar-refractivity contribution in [3.8, 4) is 0 Å². The first-order valence-electron chi connectivity index (χ1n) is 8.69. The summed E-state index contributed by atoms with van der Waals surface area (Å²) in [5, 5.41) is 0. The van der Waals surface area contributed by atoms with Gasteiger partial charge in [-0.15, -0.1) is 0 Å². The first-order valence-corrected chi connectivity index (χ1v) is 8.69. The van der Waals surface area contributed by atoms with E-state index in [1.807, 2.05) is 0 Å². The molecule has 23 heavy (non-hydrogen) atoms. The van der Waals surface area contributed by atoms with Crippen molar-refractivity contribution in [2.24, 2.45) is 29.1 Å². The van der Waals surface area contributed by atoms with Crippen molar-refractivity contribution in [1.82, 2.24) is 0 Å². The van der Waals surface area contributed by atoms with Gasteiger partial charge in [-0.2, -0.15) is 0 Å². The summed E-state index contributed by atoms with van der Waals surface area (Å²) >= 11 is 0. The van der Waals surface area contributed by atoms with Crippen LogP contribution < -0.4 is 0 Å². The highest BCUT2D eigenvalue weighted by molar-refractivity contribution is 6.04. The van der Waals surface area contributed by atoms with E-state index in [4.69, 9.17) is 14.2 Å². The van der Waals surface area contributed by atoms with Gasteiger partial charge in [-0.05, 0) is 49.4 Å². The highest BCUT2D eigenvalue weighted by Gasteiger charge is 2.99. The fraction of sp³-hybridized carbons (Fsp3) is 0.778. The summed E-state index contributed by atoms with van der Waals surface area (Å²) < 4.78 is 16.6. The fourth-order valence-corrected chi connectivity index (χ4v) is 7.59. The average Bonchev–Trinajstić information content (AvgIpc) is 3.34. The second kappa shape index (κ2) is 3.37. The Morgan fingerprint density at radius 3 is 1.83 bits per heavy atom. The number of esters is 2. The molecule has 5 nitrogen and oxygen atoms in total. The number of carbonyl (C=O) groups excluding carboxylic acids is 2. The minimum absolute atomic E-state index is 0.0526. The van der Waals surface area contributed by atoms with Crippen LogP contribution in [0.4, 0.5) is 0 Å². The first-order chi connectivity index (χ1) is 11.1. The van der Waals surface area contributed by atoms with E-state index in [0.717, 1.165) is 12.8 Å². The number of ether oxygens (including phenoxy) is 3. The summed E-state index contributed by atoms with van der Waals surface area (Å²) in [6.45, 7) is 0. The van der Waals surface area contributed by atoms with Gasteiger partial charge in [0.2, 0.25) is 0 Å². The zero-order chi connectivity index (χ0) is 15.8. The second-order valence-electron chi connectivity index (χ2n) is 8.30. The summed E-state index contributed by atoms with van der Waals surface area (Å²) in [7, 11) is 2.80. The lowest BCUT2D eigenvalue weighted by Crippen LogP contribution is -2.42. The maximum Gasteiger partial charge on any atom is 0.334 e. The Bertz CT molecular complexity index is 665. The minimum atomic E-state index is -0.356. The lowest BCUT2D eigenvalue weighted by molar-refractivity contribution is -0.140. The third-order valence-corrected chi connectivity index (χ3v) is 8.07. The van der Waals surface area contributed by atoms with Gasteiger partial charge >= 0.3 is 11.9 Å². The van der Waals surface area contributed by atoms with Crippen LogP contribution >= 0.6 is 0 Å². The molecule has 0 N–H and O–H groups in total. The van der Waals surface area contributed by atoms with Crippen molar-refractivity contribution in [2.75, 3.05) is 14.2 Å². The van der Waals surface area contributed by atoms with Crippen LogP contribution in [-0.2, 0) is 23.8 Å². The molecule has 5 heteroatoms. The molecule has 1 saturated heterocycles. The molecule has 122 valence electrons. The predicted octanol–water partition coefficient (Wildman–Crippen LogP) is 1.61. The van der Waals surface area contributed by atoms with Crippen molar-refractivity contribution in [1.29, 1.82) is 0 Å². The Morgan fingerprint density at radius 2 is 1.43 bits per heavy atom. The molecule has 1 spiro atoms. The number of rotatable bonds is 2. The third kappa shape index (κ3) is 0.978. The van der Waals surface area contributed by atoms with Crippen molar-refractivity contribution < 1.29 is 23.8 Å². The average molecular weight is 316 g/mol. The number of fused-ring (bicyclic) bond motifs is 2. The number of epoxide rings is 1. The maximum absolute atomic E-state index is 12.6. The summed E-state index contributed by atoms with van der Waals surface area (Å²) in [5.74, 6) is 0.502. The van der Waals surface area contributed by atoms with Crippen LogP contribution in [0.2, 0.25) is 0 Å². The number of hydrogen-bond acceptors (Lipinski definition) is 5. The Hall–Kier alpha value is -1.36. The number of methoxy groups -OCH3 is 2. The molecule has 0 radical (unpaired) electrons. The molecular formula is C18H20O5. The van der Waals surface area contributed by atoms with Gasteiger partial charge in [-0.3, -0.25) is 0 Å². The van der Waals surface area contributed by atoms with Crippen molar-refractivity contribution >= 4 is 11.9 Å². The van der Waals surface area contributed by atoms with Crippen molar-refractivity contribution in [2.45, 2.75) is 43.3 Å². The van der Waals surface area contributed by atoms with E-state index in [2.05, 4.69) is 0 Å². The quantitative estimate of drug-likeness (QED) is 0.572. The molecule has 6 rings (SSSR count). The maximum atomic E-state index is 12.6. The molecular weight excluding hydrogens is 296 g/mol. The molecule has 4 bridgehead atoms. The molecule has 0 unspecified atom stereocenters. The summed E-state index contributed by atoms with van der Waals surface area (Å²) in [6.07, 6.45) is 5.79. The van der Waals surface area contributed by atoms with Gasteiger partial charge in [-0.25, -0.2) is 9.59 Å². The molecule has 1 heterocycles. The van der Waals surface area contributed by atoms with Gasteiger partial charge in [0.1, 0.15) is 11.2 Å². The van der Waals surface area contributed by atoms with Crippen LogP contribution in [0.5, 0.6) is 0 Å². The van der Waals surface area contributed by atoms with Crippen LogP contribution in [0.3, 0.4) is 0 Å². The zero-order valence-corrected chi connectivity index (χ0v) is 13.4. The molecule has 0 amide bonds. The summed E-state index contributed by atoms with van der Waals surface area (Å²) in [4.78, 5) is 25.1. The molecule has 4 saturated carbocycles. The van der Waals surface area contributed by atoms with Gasteiger partial charge in [0, 0.05) is 11.8 Å². The Labute approximate surface area is 134 Å².